The number of likely N-dealkylation sites (tertiary alicyclic amines) is 1. The fraction of sp³-hybridized carbons (Fsp3) is 0.577. The van der Waals surface area contributed by atoms with Crippen molar-refractivity contribution in [3.63, 3.8) is 0 Å². The van der Waals surface area contributed by atoms with Gasteiger partial charge in [0.15, 0.2) is 0 Å². The molecule has 1 heterocycles. The monoisotopic (exact) mass is 442 g/mol. The van der Waals surface area contributed by atoms with E-state index in [0.29, 0.717) is 25.3 Å². The van der Waals surface area contributed by atoms with Gasteiger partial charge in [-0.2, -0.15) is 0 Å². The highest BCUT2D eigenvalue weighted by Crippen LogP contribution is 2.22. The molecule has 0 spiro atoms. The van der Waals surface area contributed by atoms with Gasteiger partial charge >= 0.3 is 6.09 Å². The quantitative estimate of drug-likeness (QED) is 0.450. The van der Waals surface area contributed by atoms with E-state index in [1.54, 1.807) is 4.90 Å². The number of benzene rings is 1. The first-order chi connectivity index (χ1) is 15.1. The Kier molecular flexibility index (Phi) is 9.48. The lowest BCUT2D eigenvalue weighted by atomic mass is 9.95. The summed E-state index contributed by atoms with van der Waals surface area (Å²) in [4.78, 5) is 38.8. The fourth-order valence-electron chi connectivity index (χ4n) is 3.95. The number of hydrogen-bond donors (Lipinski definition) is 1. The molecule has 3 atom stereocenters. The van der Waals surface area contributed by atoms with Gasteiger partial charge in [-0.15, -0.1) is 0 Å². The summed E-state index contributed by atoms with van der Waals surface area (Å²) in [5, 5.41) is 2.92. The molecule has 1 N–H and O–H groups in total. The molecule has 0 radical (unpaired) electrons. The van der Waals surface area contributed by atoms with Crippen LogP contribution in [-0.2, 0) is 20.7 Å². The molecule has 1 aliphatic heterocycles. The summed E-state index contributed by atoms with van der Waals surface area (Å²) >= 11 is 0. The van der Waals surface area contributed by atoms with Crippen molar-refractivity contribution in [1.29, 1.82) is 0 Å². The third-order valence-corrected chi connectivity index (χ3v) is 5.36. The van der Waals surface area contributed by atoms with Gasteiger partial charge in [-0.3, -0.25) is 4.79 Å². The molecule has 0 saturated carbocycles. The molecule has 0 bridgehead atoms. The largest absolute Gasteiger partial charge is 0.444 e. The lowest BCUT2D eigenvalue weighted by molar-refractivity contribution is -0.137. The molecule has 1 fully saturated rings. The number of rotatable bonds is 9. The summed E-state index contributed by atoms with van der Waals surface area (Å²) < 4.78 is 5.41. The lowest BCUT2D eigenvalue weighted by Gasteiger charge is -2.26. The smallest absolute Gasteiger partial charge is 0.408 e. The van der Waals surface area contributed by atoms with E-state index in [1.165, 1.54) is 0 Å². The molecule has 1 aromatic rings. The molecule has 2 amide bonds. The summed E-state index contributed by atoms with van der Waals surface area (Å²) in [5.41, 5.74) is 0.472. The Morgan fingerprint density at radius 3 is 2.47 bits per heavy atom. The fourth-order valence-corrected chi connectivity index (χ4v) is 3.95. The van der Waals surface area contributed by atoms with Crippen LogP contribution in [0.1, 0.15) is 59.4 Å². The van der Waals surface area contributed by atoms with Crippen molar-refractivity contribution < 1.29 is 19.1 Å². The van der Waals surface area contributed by atoms with Crippen LogP contribution in [0, 0.1) is 11.8 Å². The molecule has 6 heteroatoms. The van der Waals surface area contributed by atoms with Crippen molar-refractivity contribution in [1.82, 2.24) is 10.2 Å². The zero-order chi connectivity index (χ0) is 23.7. The van der Waals surface area contributed by atoms with Crippen molar-refractivity contribution in [2.24, 2.45) is 11.8 Å². The Morgan fingerprint density at radius 1 is 1.19 bits per heavy atom. The zero-order valence-electron chi connectivity index (χ0n) is 20.0. The minimum atomic E-state index is -0.582. The topological polar surface area (TPSA) is 75.7 Å². The summed E-state index contributed by atoms with van der Waals surface area (Å²) in [6.45, 7) is 10.3. The average Bonchev–Trinajstić information content (AvgIpc) is 3.18. The first-order valence-corrected chi connectivity index (χ1v) is 11.6. The van der Waals surface area contributed by atoms with E-state index in [1.807, 2.05) is 63.3 Å². The summed E-state index contributed by atoms with van der Waals surface area (Å²) in [6, 6.07) is 9.26. The molecule has 1 aromatic carbocycles. The van der Waals surface area contributed by atoms with E-state index in [2.05, 4.69) is 19.2 Å². The number of carbonyl (C=O) groups is 3. The average molecular weight is 443 g/mol. The van der Waals surface area contributed by atoms with E-state index in [9.17, 15) is 14.4 Å². The Labute approximate surface area is 192 Å². The van der Waals surface area contributed by atoms with Crippen LogP contribution in [0.3, 0.4) is 0 Å². The van der Waals surface area contributed by atoms with Crippen molar-refractivity contribution in [3.05, 3.63) is 48.0 Å². The van der Waals surface area contributed by atoms with Crippen LogP contribution in [0.5, 0.6) is 0 Å². The number of aldehydes is 1. The number of hydrogen-bond acceptors (Lipinski definition) is 4. The maximum absolute atomic E-state index is 13.4. The predicted molar refractivity (Wildman–Crippen MR) is 126 cm³/mol. The minimum Gasteiger partial charge on any atom is -0.444 e. The molecular formula is C26H38N2O4. The van der Waals surface area contributed by atoms with Crippen molar-refractivity contribution in [3.8, 4) is 0 Å². The maximum Gasteiger partial charge on any atom is 0.408 e. The standard InChI is InChI=1S/C26H38N2O4/c1-19(2)16-22(27-25(31)32-26(3,4)5)14-13-21(17-20-10-7-6-8-11-20)24(30)28-15-9-12-23(28)18-29/h6-8,10-11,13-14,18-19,21-23H,9,12,15-17H2,1-5H3,(H,27,31)/b14-13+/t21-,22-,23+/m1/s1. The number of alkyl carbamates (subject to hydrolysis) is 1. The Hall–Kier alpha value is -2.63. The second-order valence-corrected chi connectivity index (χ2v) is 9.94. The molecule has 2 rings (SSSR count). The SMILES string of the molecule is CC(C)C[C@@H](/C=C/[C@H](Cc1ccccc1)C(=O)N1CCC[C@H]1C=O)NC(=O)OC(C)(C)C. The van der Waals surface area contributed by atoms with Crippen LogP contribution in [-0.4, -0.2) is 47.4 Å². The number of ether oxygens (including phenoxy) is 1. The van der Waals surface area contributed by atoms with Gasteiger partial charge in [-0.05, 0) is 57.9 Å². The van der Waals surface area contributed by atoms with Crippen LogP contribution in [0.15, 0.2) is 42.5 Å². The van der Waals surface area contributed by atoms with E-state index in [-0.39, 0.29) is 18.0 Å². The van der Waals surface area contributed by atoms with Crippen LogP contribution >= 0.6 is 0 Å². The first kappa shape index (κ1) is 25.6. The second-order valence-electron chi connectivity index (χ2n) is 9.94. The van der Waals surface area contributed by atoms with Gasteiger partial charge in [0, 0.05) is 6.54 Å². The normalized spacial score (nSPS) is 18.6. The van der Waals surface area contributed by atoms with Crippen molar-refractivity contribution in [2.75, 3.05) is 6.54 Å². The molecule has 0 unspecified atom stereocenters. The van der Waals surface area contributed by atoms with Gasteiger partial charge in [0.2, 0.25) is 5.91 Å². The van der Waals surface area contributed by atoms with Crippen LogP contribution in [0.2, 0.25) is 0 Å². The van der Waals surface area contributed by atoms with Gasteiger partial charge in [0.1, 0.15) is 11.9 Å². The Morgan fingerprint density at radius 2 is 1.88 bits per heavy atom. The molecule has 1 aliphatic rings. The van der Waals surface area contributed by atoms with Crippen molar-refractivity contribution in [2.45, 2.75) is 78.0 Å². The first-order valence-electron chi connectivity index (χ1n) is 11.6. The summed E-state index contributed by atoms with van der Waals surface area (Å²) in [6.07, 6.45) is 7.02. The van der Waals surface area contributed by atoms with Crippen LogP contribution in [0.4, 0.5) is 4.79 Å². The van der Waals surface area contributed by atoms with E-state index in [4.69, 9.17) is 4.74 Å². The second kappa shape index (κ2) is 11.8. The molecule has 32 heavy (non-hydrogen) atoms. The summed E-state index contributed by atoms with van der Waals surface area (Å²) in [5.74, 6) is -0.103. The highest BCUT2D eigenvalue weighted by molar-refractivity contribution is 5.84. The highest BCUT2D eigenvalue weighted by Gasteiger charge is 2.32. The Bertz CT molecular complexity index is 783. The van der Waals surface area contributed by atoms with Crippen LogP contribution in [0.25, 0.3) is 0 Å². The molecular weight excluding hydrogens is 404 g/mol. The maximum atomic E-state index is 13.4. The number of nitrogens with zero attached hydrogens (tertiary/aromatic N) is 1. The number of amides is 2. The molecule has 176 valence electrons. The van der Waals surface area contributed by atoms with Crippen LogP contribution < -0.4 is 5.32 Å². The highest BCUT2D eigenvalue weighted by atomic mass is 16.6. The zero-order valence-corrected chi connectivity index (χ0v) is 20.0. The Balaban J connectivity index is 2.22. The predicted octanol–water partition coefficient (Wildman–Crippen LogP) is 4.53. The third-order valence-electron chi connectivity index (χ3n) is 5.36. The molecule has 0 aromatic heterocycles. The van der Waals surface area contributed by atoms with Gasteiger partial charge in [-0.25, -0.2) is 4.79 Å². The van der Waals surface area contributed by atoms with Gasteiger partial charge in [-0.1, -0.05) is 56.3 Å². The molecule has 1 saturated heterocycles. The van der Waals surface area contributed by atoms with E-state index in [0.717, 1.165) is 24.7 Å². The third kappa shape index (κ3) is 8.48. The van der Waals surface area contributed by atoms with E-state index < -0.39 is 17.6 Å². The number of carbonyl (C=O) groups excluding carboxylic acids is 3. The molecule has 6 nitrogen and oxygen atoms in total. The summed E-state index contributed by atoms with van der Waals surface area (Å²) in [7, 11) is 0. The lowest BCUT2D eigenvalue weighted by Crippen LogP contribution is -2.41. The van der Waals surface area contributed by atoms with Gasteiger partial charge in [0.25, 0.3) is 0 Å². The van der Waals surface area contributed by atoms with Crippen molar-refractivity contribution >= 4 is 18.3 Å². The van der Waals surface area contributed by atoms with E-state index >= 15 is 0 Å². The van der Waals surface area contributed by atoms with Gasteiger partial charge < -0.3 is 19.7 Å². The van der Waals surface area contributed by atoms with Gasteiger partial charge in [0.05, 0.1) is 18.0 Å². The minimum absolute atomic E-state index is 0.0414. The molecule has 0 aliphatic carbocycles. The number of nitrogens with one attached hydrogen (secondary N) is 1.